The van der Waals surface area contributed by atoms with E-state index in [9.17, 15) is 18.3 Å². The maximum atomic E-state index is 13.6. The Morgan fingerprint density at radius 2 is 2.09 bits per heavy atom. The van der Waals surface area contributed by atoms with Gasteiger partial charge >= 0.3 is 6.61 Å². The van der Waals surface area contributed by atoms with E-state index >= 15 is 0 Å². The fourth-order valence-corrected chi connectivity index (χ4v) is 2.88. The maximum Gasteiger partial charge on any atom is 0.387 e. The van der Waals surface area contributed by atoms with Crippen LogP contribution in [0.1, 0.15) is 29.9 Å². The number of rotatable bonds is 8. The highest BCUT2D eigenvalue weighted by atomic mass is 32.1. The molecular weight excluding hydrogens is 327 g/mol. The number of alkyl halides is 2. The van der Waals surface area contributed by atoms with Crippen molar-refractivity contribution in [3.63, 3.8) is 0 Å². The van der Waals surface area contributed by atoms with Crippen molar-refractivity contribution in [2.75, 3.05) is 0 Å². The summed E-state index contributed by atoms with van der Waals surface area (Å²) >= 11 is 1.49. The molecule has 0 saturated heterocycles. The molecule has 3 nitrogen and oxygen atoms in total. The summed E-state index contributed by atoms with van der Waals surface area (Å²) < 4.78 is 41.8. The zero-order valence-electron chi connectivity index (χ0n) is 12.5. The largest absolute Gasteiger partial charge is 0.432 e. The average Bonchev–Trinajstić information content (AvgIpc) is 3.01. The lowest BCUT2D eigenvalue weighted by Gasteiger charge is -2.17. The second-order valence-corrected chi connectivity index (χ2v) is 6.17. The first kappa shape index (κ1) is 17.8. The van der Waals surface area contributed by atoms with Crippen molar-refractivity contribution in [1.82, 2.24) is 5.32 Å². The van der Waals surface area contributed by atoms with Crippen molar-refractivity contribution < 1.29 is 23.0 Å². The molecule has 7 heteroatoms. The van der Waals surface area contributed by atoms with Gasteiger partial charge in [-0.05, 0) is 42.5 Å². The summed E-state index contributed by atoms with van der Waals surface area (Å²) in [5.74, 6) is -1.29. The second-order valence-electron chi connectivity index (χ2n) is 5.19. The number of thiophene rings is 1. The van der Waals surface area contributed by atoms with Crippen molar-refractivity contribution in [3.05, 3.63) is 52.0 Å². The highest BCUT2D eigenvalue weighted by Gasteiger charge is 2.14. The van der Waals surface area contributed by atoms with Gasteiger partial charge in [-0.3, -0.25) is 0 Å². The van der Waals surface area contributed by atoms with Gasteiger partial charge in [-0.1, -0.05) is 12.1 Å². The lowest BCUT2D eigenvalue weighted by Crippen LogP contribution is -2.27. The van der Waals surface area contributed by atoms with E-state index in [1.165, 1.54) is 23.5 Å². The van der Waals surface area contributed by atoms with Gasteiger partial charge in [0.1, 0.15) is 0 Å². The van der Waals surface area contributed by atoms with E-state index in [2.05, 4.69) is 10.1 Å². The molecule has 2 rings (SSSR count). The minimum Gasteiger partial charge on any atom is -0.432 e. The number of aliphatic hydroxyl groups excluding tert-OH is 1. The Hall–Kier alpha value is -1.57. The average molecular weight is 345 g/mol. The first-order valence-corrected chi connectivity index (χ1v) is 8.01. The molecule has 0 amide bonds. The summed E-state index contributed by atoms with van der Waals surface area (Å²) in [5, 5.41) is 15.1. The zero-order valence-corrected chi connectivity index (χ0v) is 13.3. The van der Waals surface area contributed by atoms with Crippen molar-refractivity contribution in [1.29, 1.82) is 0 Å². The summed E-state index contributed by atoms with van der Waals surface area (Å²) in [7, 11) is 0. The van der Waals surface area contributed by atoms with Gasteiger partial charge in [-0.25, -0.2) is 4.39 Å². The minimum absolute atomic E-state index is 0.00662. The first-order valence-electron chi connectivity index (χ1n) is 7.13. The van der Waals surface area contributed by atoms with Gasteiger partial charge in [0, 0.05) is 17.5 Å². The van der Waals surface area contributed by atoms with Crippen LogP contribution in [0.4, 0.5) is 13.2 Å². The number of ether oxygens (including phenoxy) is 1. The van der Waals surface area contributed by atoms with Gasteiger partial charge in [0.05, 0.1) is 6.10 Å². The van der Waals surface area contributed by atoms with Gasteiger partial charge in [-0.2, -0.15) is 8.78 Å². The quantitative estimate of drug-likeness (QED) is 0.757. The molecule has 0 bridgehead atoms. The van der Waals surface area contributed by atoms with Gasteiger partial charge < -0.3 is 15.2 Å². The third-order valence-electron chi connectivity index (χ3n) is 3.32. The molecule has 0 fully saturated rings. The van der Waals surface area contributed by atoms with E-state index in [0.29, 0.717) is 18.5 Å². The Kier molecular flexibility index (Phi) is 6.44. The van der Waals surface area contributed by atoms with E-state index < -0.39 is 24.3 Å². The van der Waals surface area contributed by atoms with Crippen LogP contribution in [-0.2, 0) is 6.54 Å². The van der Waals surface area contributed by atoms with Crippen LogP contribution < -0.4 is 10.1 Å². The van der Waals surface area contributed by atoms with E-state index in [-0.39, 0.29) is 6.04 Å². The summed E-state index contributed by atoms with van der Waals surface area (Å²) in [6.07, 6.45) is -0.0219. The summed E-state index contributed by atoms with van der Waals surface area (Å²) in [6.45, 7) is -0.765. The van der Waals surface area contributed by atoms with E-state index in [0.717, 1.165) is 10.9 Å². The molecule has 1 aromatic carbocycles. The van der Waals surface area contributed by atoms with Crippen LogP contribution in [0, 0.1) is 5.82 Å². The van der Waals surface area contributed by atoms with Crippen molar-refractivity contribution in [2.24, 2.45) is 0 Å². The highest BCUT2D eigenvalue weighted by Crippen LogP contribution is 2.23. The predicted octanol–water partition coefficient (Wildman–Crippen LogP) is 4.09. The summed E-state index contributed by atoms with van der Waals surface area (Å²) in [5.41, 5.74) is 0.613. The van der Waals surface area contributed by atoms with Crippen LogP contribution in [0.15, 0.2) is 35.7 Å². The van der Waals surface area contributed by atoms with E-state index in [1.807, 2.05) is 24.4 Å². The molecule has 2 N–H and O–H groups in total. The van der Waals surface area contributed by atoms with Crippen LogP contribution in [0.3, 0.4) is 0 Å². The van der Waals surface area contributed by atoms with E-state index in [1.54, 1.807) is 0 Å². The Morgan fingerprint density at radius 1 is 1.30 bits per heavy atom. The lowest BCUT2D eigenvalue weighted by atomic mass is 10.1. The van der Waals surface area contributed by atoms with Crippen LogP contribution in [0.25, 0.3) is 0 Å². The van der Waals surface area contributed by atoms with Gasteiger partial charge in [0.2, 0.25) is 0 Å². The normalized spacial score (nSPS) is 14.0. The third-order valence-corrected chi connectivity index (χ3v) is 4.29. The van der Waals surface area contributed by atoms with Gasteiger partial charge in [0.25, 0.3) is 0 Å². The highest BCUT2D eigenvalue weighted by molar-refractivity contribution is 7.10. The maximum absolute atomic E-state index is 13.6. The molecule has 2 atom stereocenters. The number of nitrogens with one attached hydrogen (secondary N) is 1. The molecule has 0 aliphatic carbocycles. The number of halogens is 3. The molecule has 1 heterocycles. The molecule has 1 aromatic heterocycles. The fourth-order valence-electron chi connectivity index (χ4n) is 2.15. The minimum atomic E-state index is -3.05. The molecular formula is C16H18F3NO2S. The monoisotopic (exact) mass is 345 g/mol. The number of aliphatic hydroxyl groups is 1. The van der Waals surface area contributed by atoms with Crippen LogP contribution in [0.5, 0.6) is 5.75 Å². The van der Waals surface area contributed by atoms with Crippen molar-refractivity contribution in [3.8, 4) is 5.75 Å². The molecule has 2 unspecified atom stereocenters. The number of hydrogen-bond donors (Lipinski definition) is 2. The predicted molar refractivity (Wildman–Crippen MR) is 83.2 cm³/mol. The molecule has 0 saturated carbocycles. The standard InChI is InChI=1S/C16H18F3NO2S/c1-10(7-13(21)15-3-2-6-23-15)20-9-11-4-5-14(12(17)8-11)22-16(18)19/h2-6,8,10,13,16,20-21H,7,9H2,1H3. The SMILES string of the molecule is CC(CC(O)c1cccs1)NCc1ccc(OC(F)F)c(F)c1. The zero-order chi connectivity index (χ0) is 16.8. The Bertz CT molecular complexity index is 607. The molecule has 0 aliphatic rings. The Morgan fingerprint density at radius 3 is 2.70 bits per heavy atom. The molecule has 0 radical (unpaired) electrons. The lowest BCUT2D eigenvalue weighted by molar-refractivity contribution is -0.0522. The van der Waals surface area contributed by atoms with E-state index in [4.69, 9.17) is 0 Å². The fraction of sp³-hybridized carbons (Fsp3) is 0.375. The molecule has 0 spiro atoms. The smallest absolute Gasteiger partial charge is 0.387 e. The van der Waals surface area contributed by atoms with Gasteiger partial charge in [-0.15, -0.1) is 11.3 Å². The summed E-state index contributed by atoms with van der Waals surface area (Å²) in [4.78, 5) is 0.901. The topological polar surface area (TPSA) is 41.5 Å². The Labute approximate surface area is 136 Å². The molecule has 23 heavy (non-hydrogen) atoms. The number of hydrogen-bond acceptors (Lipinski definition) is 4. The van der Waals surface area contributed by atoms with Crippen LogP contribution in [0.2, 0.25) is 0 Å². The third kappa shape index (κ3) is 5.53. The Balaban J connectivity index is 1.84. The second kappa shape index (κ2) is 8.33. The number of benzene rings is 1. The first-order chi connectivity index (χ1) is 11.0. The van der Waals surface area contributed by atoms with Gasteiger partial charge in [0.15, 0.2) is 11.6 Å². The molecule has 0 aliphatic heterocycles. The van der Waals surface area contributed by atoms with Crippen LogP contribution in [-0.4, -0.2) is 17.8 Å². The van der Waals surface area contributed by atoms with Crippen LogP contribution >= 0.6 is 11.3 Å². The molecule has 2 aromatic rings. The summed E-state index contributed by atoms with van der Waals surface area (Å²) in [6, 6.07) is 7.63. The van der Waals surface area contributed by atoms with Crippen molar-refractivity contribution in [2.45, 2.75) is 38.6 Å². The van der Waals surface area contributed by atoms with Crippen molar-refractivity contribution >= 4 is 11.3 Å². The molecule has 126 valence electrons.